The lowest BCUT2D eigenvalue weighted by Crippen LogP contribution is -2.71. The van der Waals surface area contributed by atoms with Crippen molar-refractivity contribution in [1.82, 2.24) is 5.32 Å². The van der Waals surface area contributed by atoms with Crippen LogP contribution in [0.3, 0.4) is 0 Å². The topological polar surface area (TPSA) is 75.6 Å². The van der Waals surface area contributed by atoms with Gasteiger partial charge in [0.15, 0.2) is 0 Å². The number of aryl methyl sites for hydroxylation is 1. The summed E-state index contributed by atoms with van der Waals surface area (Å²) in [4.78, 5) is 25.8. The average molecular weight is 484 g/mol. The molecule has 1 fully saturated rings. The molecule has 1 unspecified atom stereocenters. The fraction of sp³-hybridized carbons (Fsp3) is 0.429. The summed E-state index contributed by atoms with van der Waals surface area (Å²) >= 11 is 0. The zero-order chi connectivity index (χ0) is 25.9. The molecule has 0 saturated carbocycles. The zero-order valence-corrected chi connectivity index (χ0v) is 21.0. The minimum atomic E-state index is -0.940. The molecule has 1 aliphatic rings. The fourth-order valence-corrected chi connectivity index (χ4v) is 5.46. The van der Waals surface area contributed by atoms with Gasteiger partial charge in [0.05, 0.1) is 12.1 Å². The Bertz CT molecular complexity index is 1080. The average Bonchev–Trinajstić information content (AvgIpc) is 2.77. The van der Waals surface area contributed by atoms with E-state index < -0.39 is 29.3 Å². The van der Waals surface area contributed by atoms with E-state index in [1.807, 2.05) is 51.1 Å². The number of nitrogens with zero attached hydrogens (tertiary/aromatic N) is 1. The van der Waals surface area contributed by atoms with Crippen molar-refractivity contribution in [3.05, 3.63) is 83.7 Å². The molecule has 35 heavy (non-hydrogen) atoms. The maximum Gasteiger partial charge on any atom is 0.514 e. The van der Waals surface area contributed by atoms with Crippen molar-refractivity contribution in [2.45, 2.75) is 70.7 Å². The Hall–Kier alpha value is -3.19. The number of likely N-dealkylation sites (tertiary alicyclic amines) is 1. The van der Waals surface area contributed by atoms with Gasteiger partial charge in [-0.1, -0.05) is 36.4 Å². The van der Waals surface area contributed by atoms with Crippen LogP contribution in [0, 0.1) is 12.7 Å². The second kappa shape index (κ2) is 10.2. The SMILES string of the molecule is C=CC[C@]1(NC(=O)OCc2ccccc2)CC[N+](C(=O)O)(C(C)(C)C)[C@@H](c2ccc(F)cc2C)C1. The van der Waals surface area contributed by atoms with Gasteiger partial charge < -0.3 is 15.2 Å². The highest BCUT2D eigenvalue weighted by Crippen LogP contribution is 2.49. The van der Waals surface area contributed by atoms with Gasteiger partial charge in [0.1, 0.15) is 24.0 Å². The highest BCUT2D eigenvalue weighted by atomic mass is 19.1. The van der Waals surface area contributed by atoms with Crippen molar-refractivity contribution in [2.75, 3.05) is 6.54 Å². The van der Waals surface area contributed by atoms with Gasteiger partial charge in [0.2, 0.25) is 0 Å². The first kappa shape index (κ1) is 26.4. The maximum absolute atomic E-state index is 14.0. The summed E-state index contributed by atoms with van der Waals surface area (Å²) in [6, 6.07) is 13.4. The van der Waals surface area contributed by atoms with E-state index in [1.165, 1.54) is 12.1 Å². The van der Waals surface area contributed by atoms with E-state index in [9.17, 15) is 19.1 Å². The molecule has 2 aromatic rings. The Morgan fingerprint density at radius 3 is 2.51 bits per heavy atom. The number of halogens is 1. The standard InChI is InChI=1S/C28H35FN2O4/c1-6-14-28(30-25(32)35-19-21-10-8-7-9-11-21)15-16-31(26(33)34,27(3,4)5)24(18-28)23-13-12-22(29)17-20(23)2/h6-13,17,24H,1,14-16,18-19H2,2-5H3,(H-,30,32,33,34)/p+1/t24-,28+,31?/m1/s1. The van der Waals surface area contributed by atoms with E-state index in [0.717, 1.165) is 11.1 Å². The molecule has 7 heteroatoms. The molecule has 0 aliphatic carbocycles. The van der Waals surface area contributed by atoms with Crippen LogP contribution in [0.2, 0.25) is 0 Å². The van der Waals surface area contributed by atoms with Crippen LogP contribution < -0.4 is 5.32 Å². The number of hydrogen-bond acceptors (Lipinski definition) is 3. The van der Waals surface area contributed by atoms with Crippen molar-refractivity contribution in [3.8, 4) is 0 Å². The van der Waals surface area contributed by atoms with Crippen molar-refractivity contribution >= 4 is 12.2 Å². The first-order chi connectivity index (χ1) is 16.4. The molecule has 6 nitrogen and oxygen atoms in total. The number of benzene rings is 2. The lowest BCUT2D eigenvalue weighted by molar-refractivity contribution is -0.938. The Balaban J connectivity index is 1.98. The van der Waals surface area contributed by atoms with Crippen LogP contribution >= 0.6 is 0 Å². The summed E-state index contributed by atoms with van der Waals surface area (Å²) in [6.45, 7) is 11.8. The summed E-state index contributed by atoms with van der Waals surface area (Å²) in [5, 5.41) is 13.6. The molecule has 1 saturated heterocycles. The number of quaternary nitrogens is 1. The summed E-state index contributed by atoms with van der Waals surface area (Å²) in [5.74, 6) is -0.369. The predicted octanol–water partition coefficient (Wildman–Crippen LogP) is 6.50. The number of hydrogen-bond donors (Lipinski definition) is 2. The molecule has 0 bridgehead atoms. The number of carbonyl (C=O) groups is 2. The lowest BCUT2D eigenvalue weighted by atomic mass is 9.74. The summed E-state index contributed by atoms with van der Waals surface area (Å²) in [7, 11) is 0. The van der Waals surface area contributed by atoms with Crippen LogP contribution in [-0.2, 0) is 11.3 Å². The second-order valence-corrected chi connectivity index (χ2v) is 10.5. The molecule has 0 spiro atoms. The number of nitrogens with one attached hydrogen (secondary N) is 1. The molecule has 3 rings (SSSR count). The summed E-state index contributed by atoms with van der Waals surface area (Å²) < 4.78 is 19.2. The monoisotopic (exact) mass is 483 g/mol. The van der Waals surface area contributed by atoms with Gasteiger partial charge in [-0.05, 0) is 63.4 Å². The van der Waals surface area contributed by atoms with E-state index in [1.54, 1.807) is 19.1 Å². The smallest absolute Gasteiger partial charge is 0.445 e. The van der Waals surface area contributed by atoms with Crippen LogP contribution in [0.1, 0.15) is 62.8 Å². The molecule has 2 N–H and O–H groups in total. The number of ether oxygens (including phenoxy) is 1. The molecule has 0 aromatic heterocycles. The molecule has 2 aromatic carbocycles. The first-order valence-electron chi connectivity index (χ1n) is 11.9. The Labute approximate surface area is 207 Å². The minimum Gasteiger partial charge on any atom is -0.445 e. The van der Waals surface area contributed by atoms with Gasteiger partial charge in [-0.25, -0.2) is 13.7 Å². The Morgan fingerprint density at radius 1 is 1.26 bits per heavy atom. The number of carbonyl (C=O) groups excluding carboxylic acids is 1. The lowest BCUT2D eigenvalue weighted by Gasteiger charge is -2.55. The van der Waals surface area contributed by atoms with Crippen molar-refractivity contribution in [2.24, 2.45) is 0 Å². The van der Waals surface area contributed by atoms with E-state index in [-0.39, 0.29) is 23.5 Å². The molecule has 0 radical (unpaired) electrons. The number of carboxylic acid groups (broad SMARTS) is 1. The van der Waals surface area contributed by atoms with Gasteiger partial charge in [-0.15, -0.1) is 6.58 Å². The molecular weight excluding hydrogens is 447 g/mol. The quantitative estimate of drug-likeness (QED) is 0.363. The highest BCUT2D eigenvalue weighted by Gasteiger charge is 2.60. The molecule has 188 valence electrons. The van der Waals surface area contributed by atoms with Gasteiger partial charge in [0.25, 0.3) is 0 Å². The first-order valence-corrected chi connectivity index (χ1v) is 11.9. The van der Waals surface area contributed by atoms with Gasteiger partial charge in [-0.3, -0.25) is 0 Å². The van der Waals surface area contributed by atoms with Crippen LogP contribution in [0.25, 0.3) is 0 Å². The maximum atomic E-state index is 14.0. The zero-order valence-electron chi connectivity index (χ0n) is 21.0. The van der Waals surface area contributed by atoms with Crippen LogP contribution in [0.5, 0.6) is 0 Å². The fourth-order valence-electron chi connectivity index (χ4n) is 5.46. The van der Waals surface area contributed by atoms with Crippen LogP contribution in [0.15, 0.2) is 61.2 Å². The van der Waals surface area contributed by atoms with Crippen molar-refractivity contribution in [3.63, 3.8) is 0 Å². The molecular formula is C28H36FN2O4+. The number of alkyl carbamates (subject to hydrolysis) is 1. The van der Waals surface area contributed by atoms with E-state index in [4.69, 9.17) is 4.74 Å². The van der Waals surface area contributed by atoms with E-state index >= 15 is 0 Å². The Morgan fingerprint density at radius 2 is 1.94 bits per heavy atom. The van der Waals surface area contributed by atoms with Gasteiger partial charge >= 0.3 is 12.2 Å². The van der Waals surface area contributed by atoms with Gasteiger partial charge in [0, 0.05) is 18.4 Å². The largest absolute Gasteiger partial charge is 0.514 e. The number of piperidine rings is 1. The predicted molar refractivity (Wildman–Crippen MR) is 133 cm³/mol. The third kappa shape index (κ3) is 5.40. The molecule has 2 amide bonds. The molecule has 1 heterocycles. The number of rotatable bonds is 6. The number of amides is 2. The molecule has 1 aliphatic heterocycles. The van der Waals surface area contributed by atoms with Crippen molar-refractivity contribution < 1.29 is 28.3 Å². The van der Waals surface area contributed by atoms with Crippen LogP contribution in [-0.4, -0.2) is 39.4 Å². The highest BCUT2D eigenvalue weighted by molar-refractivity contribution is 5.68. The third-order valence-electron chi connectivity index (χ3n) is 7.30. The summed E-state index contributed by atoms with van der Waals surface area (Å²) in [5.41, 5.74) is 0.924. The second-order valence-electron chi connectivity index (χ2n) is 10.5. The van der Waals surface area contributed by atoms with E-state index in [2.05, 4.69) is 11.9 Å². The normalized spacial score (nSPS) is 24.4. The Kier molecular flexibility index (Phi) is 7.70. The third-order valence-corrected chi connectivity index (χ3v) is 7.30. The van der Waals surface area contributed by atoms with Gasteiger partial charge in [-0.2, -0.15) is 4.79 Å². The minimum absolute atomic E-state index is 0.133. The summed E-state index contributed by atoms with van der Waals surface area (Å²) in [6.07, 6.45) is 1.47. The van der Waals surface area contributed by atoms with Crippen molar-refractivity contribution in [1.29, 1.82) is 0 Å². The van der Waals surface area contributed by atoms with Crippen LogP contribution in [0.4, 0.5) is 14.0 Å². The molecule has 3 atom stereocenters. The van der Waals surface area contributed by atoms with E-state index in [0.29, 0.717) is 24.8 Å².